The van der Waals surface area contributed by atoms with Crippen LogP contribution in [-0.2, 0) is 5.41 Å². The number of benzene rings is 1. The van der Waals surface area contributed by atoms with Gasteiger partial charge in [-0.1, -0.05) is 24.6 Å². The highest BCUT2D eigenvalue weighted by molar-refractivity contribution is 5.95. The maximum Gasteiger partial charge on any atom is 0.182 e. The van der Waals surface area contributed by atoms with Gasteiger partial charge in [-0.25, -0.2) is 4.39 Å². The van der Waals surface area contributed by atoms with E-state index in [1.54, 1.807) is 30.5 Å². The fraction of sp³-hybridized carbons (Fsp3) is 0.294. The number of Topliss-reactive ketones (excluding diaryl/α,β-unsaturated/α-hetero) is 1. The third-order valence-electron chi connectivity index (χ3n) is 4.20. The first-order valence-corrected chi connectivity index (χ1v) is 6.90. The number of ketones is 1. The molecule has 2 nitrogen and oxygen atoms in total. The highest BCUT2D eigenvalue weighted by Crippen LogP contribution is 2.47. The van der Waals surface area contributed by atoms with E-state index in [1.165, 1.54) is 6.07 Å². The summed E-state index contributed by atoms with van der Waals surface area (Å²) in [5, 5.41) is 0. The van der Waals surface area contributed by atoms with Crippen LogP contribution >= 0.6 is 0 Å². The van der Waals surface area contributed by atoms with Gasteiger partial charge in [0.05, 0.1) is 0 Å². The van der Waals surface area contributed by atoms with E-state index in [1.807, 2.05) is 12.1 Å². The zero-order chi connectivity index (χ0) is 14.0. The molecule has 20 heavy (non-hydrogen) atoms. The van der Waals surface area contributed by atoms with Crippen molar-refractivity contribution < 1.29 is 9.18 Å². The number of rotatable bonds is 4. The topological polar surface area (TPSA) is 30.0 Å². The Morgan fingerprint density at radius 1 is 1.20 bits per heavy atom. The van der Waals surface area contributed by atoms with Crippen LogP contribution in [0.4, 0.5) is 4.39 Å². The Hall–Kier alpha value is -2.03. The van der Waals surface area contributed by atoms with E-state index in [4.69, 9.17) is 0 Å². The average molecular weight is 269 g/mol. The predicted octanol–water partition coefficient (Wildman–Crippen LogP) is 3.92. The summed E-state index contributed by atoms with van der Waals surface area (Å²) in [7, 11) is 0. The summed E-state index contributed by atoms with van der Waals surface area (Å²) in [5.41, 5.74) is 1.24. The van der Waals surface area contributed by atoms with Crippen molar-refractivity contribution in [2.75, 3.05) is 0 Å². The fourth-order valence-electron chi connectivity index (χ4n) is 2.92. The number of halogens is 1. The van der Waals surface area contributed by atoms with E-state index < -0.39 is 0 Å². The minimum absolute atomic E-state index is 0.0366. The summed E-state index contributed by atoms with van der Waals surface area (Å²) in [6.07, 6.45) is 5.01. The third kappa shape index (κ3) is 2.36. The molecule has 3 rings (SSSR count). The lowest BCUT2D eigenvalue weighted by molar-refractivity contribution is 0.0899. The molecule has 0 amide bonds. The fourth-order valence-corrected chi connectivity index (χ4v) is 2.92. The summed E-state index contributed by atoms with van der Waals surface area (Å²) < 4.78 is 13.4. The van der Waals surface area contributed by atoms with Crippen LogP contribution in [-0.4, -0.2) is 10.8 Å². The number of nitrogens with zero attached hydrogens (tertiary/aromatic N) is 1. The predicted molar refractivity (Wildman–Crippen MR) is 75.1 cm³/mol. The van der Waals surface area contributed by atoms with Crippen LogP contribution in [0.25, 0.3) is 0 Å². The molecule has 0 radical (unpaired) electrons. The molecule has 1 heterocycles. The number of hydrogen-bond donors (Lipinski definition) is 0. The molecule has 0 atom stereocenters. The Balaban J connectivity index is 1.85. The zero-order valence-electron chi connectivity index (χ0n) is 11.2. The highest BCUT2D eigenvalue weighted by Gasteiger charge is 2.40. The van der Waals surface area contributed by atoms with Gasteiger partial charge in [-0.2, -0.15) is 0 Å². The Labute approximate surface area is 117 Å². The van der Waals surface area contributed by atoms with Crippen molar-refractivity contribution in [2.45, 2.75) is 31.1 Å². The van der Waals surface area contributed by atoms with Gasteiger partial charge in [-0.05, 0) is 42.7 Å². The lowest BCUT2D eigenvalue weighted by Crippen LogP contribution is -2.36. The van der Waals surface area contributed by atoms with Gasteiger partial charge in [-0.3, -0.25) is 9.78 Å². The summed E-state index contributed by atoms with van der Waals surface area (Å²) in [4.78, 5) is 16.5. The molecule has 0 spiro atoms. The molecule has 1 saturated carbocycles. The molecule has 2 aromatic rings. The largest absolute Gasteiger partial charge is 0.292 e. The molecule has 0 unspecified atom stereocenters. The molecule has 0 aliphatic heterocycles. The van der Waals surface area contributed by atoms with Crippen LogP contribution in [0.15, 0.2) is 48.7 Å². The molecule has 1 fully saturated rings. The van der Waals surface area contributed by atoms with Crippen molar-refractivity contribution in [3.8, 4) is 0 Å². The zero-order valence-corrected chi connectivity index (χ0v) is 11.2. The summed E-state index contributed by atoms with van der Waals surface area (Å²) in [6, 6.07) is 12.0. The van der Waals surface area contributed by atoms with Gasteiger partial charge in [0.15, 0.2) is 5.78 Å². The number of carbonyl (C=O) groups is 1. The number of carbonyl (C=O) groups excluding carboxylic acids is 1. The molecule has 0 bridgehead atoms. The molecular formula is C17H16FNO. The van der Waals surface area contributed by atoms with Gasteiger partial charge in [0.2, 0.25) is 0 Å². The molecule has 1 aromatic heterocycles. The van der Waals surface area contributed by atoms with E-state index in [9.17, 15) is 9.18 Å². The van der Waals surface area contributed by atoms with E-state index in [-0.39, 0.29) is 17.0 Å². The smallest absolute Gasteiger partial charge is 0.182 e. The first-order chi connectivity index (χ1) is 9.70. The number of aromatic nitrogens is 1. The van der Waals surface area contributed by atoms with Crippen molar-refractivity contribution in [3.63, 3.8) is 0 Å². The summed E-state index contributed by atoms with van der Waals surface area (Å²) in [6.45, 7) is 0. The van der Waals surface area contributed by atoms with Crippen molar-refractivity contribution in [3.05, 3.63) is 65.7 Å². The van der Waals surface area contributed by atoms with Crippen LogP contribution < -0.4 is 0 Å². The van der Waals surface area contributed by atoms with Gasteiger partial charge in [0, 0.05) is 18.0 Å². The van der Waals surface area contributed by atoms with E-state index in [2.05, 4.69) is 4.98 Å². The second kappa shape index (κ2) is 5.16. The molecule has 1 aliphatic rings. The normalized spacial score (nSPS) is 16.4. The third-order valence-corrected chi connectivity index (χ3v) is 4.20. The minimum Gasteiger partial charge on any atom is -0.292 e. The van der Waals surface area contributed by atoms with E-state index in [0.29, 0.717) is 12.1 Å². The molecule has 3 heteroatoms. The van der Waals surface area contributed by atoms with Crippen LogP contribution in [0.3, 0.4) is 0 Å². The van der Waals surface area contributed by atoms with E-state index in [0.717, 1.165) is 24.8 Å². The SMILES string of the molecule is O=C(CC1(c2cccc(F)c2)CCC1)c1ccccn1. The van der Waals surface area contributed by atoms with Crippen molar-refractivity contribution >= 4 is 5.78 Å². The van der Waals surface area contributed by atoms with E-state index >= 15 is 0 Å². The lowest BCUT2D eigenvalue weighted by Gasteiger charge is -2.42. The van der Waals surface area contributed by atoms with Gasteiger partial charge in [0.25, 0.3) is 0 Å². The monoisotopic (exact) mass is 269 g/mol. The van der Waals surface area contributed by atoms with Crippen molar-refractivity contribution in [1.82, 2.24) is 4.98 Å². The van der Waals surface area contributed by atoms with Crippen LogP contribution in [0.5, 0.6) is 0 Å². The van der Waals surface area contributed by atoms with Gasteiger partial charge in [0.1, 0.15) is 11.5 Å². The molecule has 0 N–H and O–H groups in total. The molecule has 102 valence electrons. The standard InChI is InChI=1S/C17H16FNO/c18-14-6-3-5-13(11-14)17(8-4-9-17)12-16(20)15-7-1-2-10-19-15/h1-3,5-7,10-11H,4,8-9,12H2. The average Bonchev–Trinajstić information content (AvgIpc) is 2.43. The molecule has 1 aliphatic carbocycles. The Bertz CT molecular complexity index is 620. The van der Waals surface area contributed by atoms with Crippen LogP contribution in [0, 0.1) is 5.82 Å². The molecular weight excluding hydrogens is 253 g/mol. The highest BCUT2D eigenvalue weighted by atomic mass is 19.1. The Kier molecular flexibility index (Phi) is 3.35. The van der Waals surface area contributed by atoms with Gasteiger partial charge in [-0.15, -0.1) is 0 Å². The maximum atomic E-state index is 13.4. The second-order valence-electron chi connectivity index (χ2n) is 5.46. The van der Waals surface area contributed by atoms with Crippen molar-refractivity contribution in [2.24, 2.45) is 0 Å². The summed E-state index contributed by atoms with van der Waals surface area (Å²) in [5.74, 6) is -0.200. The Morgan fingerprint density at radius 2 is 2.05 bits per heavy atom. The van der Waals surface area contributed by atoms with Gasteiger partial charge < -0.3 is 0 Å². The molecule has 1 aromatic carbocycles. The maximum absolute atomic E-state index is 13.4. The van der Waals surface area contributed by atoms with Crippen LogP contribution in [0.1, 0.15) is 41.7 Å². The van der Waals surface area contributed by atoms with Crippen molar-refractivity contribution in [1.29, 1.82) is 0 Å². The quantitative estimate of drug-likeness (QED) is 0.787. The Morgan fingerprint density at radius 3 is 2.65 bits per heavy atom. The first kappa shape index (κ1) is 13.0. The number of pyridine rings is 1. The number of hydrogen-bond acceptors (Lipinski definition) is 2. The summed E-state index contributed by atoms with van der Waals surface area (Å²) >= 11 is 0. The molecule has 0 saturated heterocycles. The van der Waals surface area contributed by atoms with Crippen LogP contribution in [0.2, 0.25) is 0 Å². The first-order valence-electron chi connectivity index (χ1n) is 6.90. The van der Waals surface area contributed by atoms with Gasteiger partial charge >= 0.3 is 0 Å². The lowest BCUT2D eigenvalue weighted by atomic mass is 9.61. The second-order valence-corrected chi connectivity index (χ2v) is 5.46. The minimum atomic E-state index is -0.237.